The van der Waals surface area contributed by atoms with Crippen LogP contribution in [0.15, 0.2) is 51.9 Å². The van der Waals surface area contributed by atoms with Crippen LogP contribution in [0.3, 0.4) is 0 Å². The Morgan fingerprint density at radius 1 is 1.15 bits per heavy atom. The maximum Gasteiger partial charge on any atom is 0.338 e. The molecule has 1 N–H and O–H groups in total. The second-order valence-corrected chi connectivity index (χ2v) is 8.59. The van der Waals surface area contributed by atoms with Crippen molar-refractivity contribution in [3.05, 3.63) is 64.0 Å². The zero-order chi connectivity index (χ0) is 23.4. The number of aromatic hydroxyl groups is 1. The second kappa shape index (κ2) is 10.1. The summed E-state index contributed by atoms with van der Waals surface area (Å²) in [6, 6.07) is 9.47. The van der Waals surface area contributed by atoms with Crippen LogP contribution in [0.2, 0.25) is 0 Å². The number of rotatable bonds is 7. The number of hydrogen-bond donors (Lipinski definition) is 1. The number of piperidine rings is 1. The number of carbonyl (C=O) groups excluding carboxylic acids is 1. The zero-order valence-corrected chi connectivity index (χ0v) is 19.0. The van der Waals surface area contributed by atoms with Gasteiger partial charge in [-0.15, -0.1) is 0 Å². The van der Waals surface area contributed by atoms with E-state index in [1.807, 2.05) is 6.92 Å². The van der Waals surface area contributed by atoms with Gasteiger partial charge in [-0.25, -0.2) is 4.79 Å². The number of benzene rings is 2. The first-order chi connectivity index (χ1) is 16.0. The second-order valence-electron chi connectivity index (χ2n) is 8.59. The predicted octanol–water partition coefficient (Wildman–Crippen LogP) is 5.09. The van der Waals surface area contributed by atoms with Crippen LogP contribution < -0.4 is 10.2 Å². The Balaban J connectivity index is 1.55. The summed E-state index contributed by atoms with van der Waals surface area (Å²) in [5, 5.41) is 10.8. The molecule has 7 heteroatoms. The van der Waals surface area contributed by atoms with E-state index in [9.17, 15) is 14.7 Å². The molecule has 4 rings (SSSR count). The van der Waals surface area contributed by atoms with Crippen molar-refractivity contribution in [2.24, 2.45) is 5.92 Å². The van der Waals surface area contributed by atoms with Crippen molar-refractivity contribution in [2.45, 2.75) is 39.7 Å². The van der Waals surface area contributed by atoms with Crippen molar-refractivity contribution in [1.29, 1.82) is 0 Å². The first-order valence-corrected chi connectivity index (χ1v) is 11.4. The van der Waals surface area contributed by atoms with E-state index in [0.717, 1.165) is 32.4 Å². The van der Waals surface area contributed by atoms with E-state index in [4.69, 9.17) is 13.9 Å². The average Bonchev–Trinajstić information content (AvgIpc) is 2.82. The molecule has 0 unspecified atom stereocenters. The van der Waals surface area contributed by atoms with Gasteiger partial charge in [0.25, 0.3) is 0 Å². The number of phenolic OH excluding ortho intramolecular Hbond substituents is 1. The van der Waals surface area contributed by atoms with E-state index < -0.39 is 5.97 Å². The normalized spacial score (nSPS) is 15.0. The summed E-state index contributed by atoms with van der Waals surface area (Å²) in [6.45, 7) is 6.96. The Bertz CT molecular complexity index is 1180. The fourth-order valence-corrected chi connectivity index (χ4v) is 3.96. The summed E-state index contributed by atoms with van der Waals surface area (Å²) >= 11 is 0. The lowest BCUT2D eigenvalue weighted by atomic mass is 9.98. The summed E-state index contributed by atoms with van der Waals surface area (Å²) in [5.74, 6) is 0.853. The van der Waals surface area contributed by atoms with E-state index in [0.29, 0.717) is 46.9 Å². The first-order valence-electron chi connectivity index (χ1n) is 11.4. The Morgan fingerprint density at radius 3 is 2.58 bits per heavy atom. The van der Waals surface area contributed by atoms with E-state index in [2.05, 4.69) is 11.8 Å². The zero-order valence-electron chi connectivity index (χ0n) is 19.0. The highest BCUT2D eigenvalue weighted by atomic mass is 16.5. The van der Waals surface area contributed by atoms with Crippen molar-refractivity contribution >= 4 is 16.9 Å². The number of esters is 1. The SMILES string of the molecule is CCCOC(=O)c1ccc(Oc2coc3c(CN4CCC(C)CC4)c(O)ccc3c2=O)cc1. The maximum absolute atomic E-state index is 13.1. The predicted molar refractivity (Wildman–Crippen MR) is 125 cm³/mol. The monoisotopic (exact) mass is 451 g/mol. The van der Waals surface area contributed by atoms with Gasteiger partial charge in [0, 0.05) is 6.54 Å². The highest BCUT2D eigenvalue weighted by Gasteiger charge is 2.21. The molecule has 0 aliphatic carbocycles. The molecule has 1 saturated heterocycles. The lowest BCUT2D eigenvalue weighted by Crippen LogP contribution is -2.32. The van der Waals surface area contributed by atoms with Gasteiger partial charge in [-0.05, 0) is 74.7 Å². The van der Waals surface area contributed by atoms with Crippen LogP contribution in [0.25, 0.3) is 11.0 Å². The van der Waals surface area contributed by atoms with Gasteiger partial charge in [0.1, 0.15) is 23.3 Å². The number of hydrogen-bond acceptors (Lipinski definition) is 7. The van der Waals surface area contributed by atoms with Crippen LogP contribution in [0.5, 0.6) is 17.2 Å². The number of phenols is 1. The molecule has 1 aliphatic heterocycles. The molecule has 2 heterocycles. The van der Waals surface area contributed by atoms with Gasteiger partial charge in [0.2, 0.25) is 11.2 Å². The van der Waals surface area contributed by atoms with Crippen molar-refractivity contribution in [3.63, 3.8) is 0 Å². The smallest absolute Gasteiger partial charge is 0.338 e. The van der Waals surface area contributed by atoms with Gasteiger partial charge in [0.05, 0.1) is 23.1 Å². The lowest BCUT2D eigenvalue weighted by molar-refractivity contribution is 0.0505. The van der Waals surface area contributed by atoms with Gasteiger partial charge in [-0.3, -0.25) is 9.69 Å². The van der Waals surface area contributed by atoms with Gasteiger partial charge >= 0.3 is 5.97 Å². The molecule has 7 nitrogen and oxygen atoms in total. The lowest BCUT2D eigenvalue weighted by Gasteiger charge is -2.30. The molecule has 1 aliphatic rings. The Hall–Kier alpha value is -3.32. The van der Waals surface area contributed by atoms with Crippen LogP contribution in [0, 0.1) is 5.92 Å². The molecule has 0 amide bonds. The molecular formula is C26H29NO6. The third-order valence-corrected chi connectivity index (χ3v) is 6.00. The minimum atomic E-state index is -0.399. The first kappa shape index (κ1) is 22.9. The minimum Gasteiger partial charge on any atom is -0.507 e. The van der Waals surface area contributed by atoms with E-state index in [-0.39, 0.29) is 16.9 Å². The number of ether oxygens (including phenoxy) is 2. The van der Waals surface area contributed by atoms with Crippen LogP contribution in [0.4, 0.5) is 0 Å². The molecule has 0 atom stereocenters. The Morgan fingerprint density at radius 2 is 1.88 bits per heavy atom. The third-order valence-electron chi connectivity index (χ3n) is 6.00. The average molecular weight is 452 g/mol. The Labute approximate surface area is 192 Å². The molecule has 0 saturated carbocycles. The van der Waals surface area contributed by atoms with E-state index in [1.54, 1.807) is 30.3 Å². The largest absolute Gasteiger partial charge is 0.507 e. The van der Waals surface area contributed by atoms with Crippen molar-refractivity contribution in [2.75, 3.05) is 19.7 Å². The standard InChI is InChI=1S/C26H29NO6/c1-3-14-31-26(30)18-4-6-19(7-5-18)33-23-16-32-25-20(24(23)29)8-9-22(28)21(25)15-27-12-10-17(2)11-13-27/h4-9,16-17,28H,3,10-15H2,1-2H3. The van der Waals surface area contributed by atoms with Crippen LogP contribution >= 0.6 is 0 Å². The number of nitrogens with zero attached hydrogens (tertiary/aromatic N) is 1. The molecular weight excluding hydrogens is 422 g/mol. The molecule has 3 aromatic rings. The molecule has 1 fully saturated rings. The topological polar surface area (TPSA) is 89.2 Å². The summed E-state index contributed by atoms with van der Waals surface area (Å²) < 4.78 is 16.6. The molecule has 33 heavy (non-hydrogen) atoms. The number of carbonyl (C=O) groups is 1. The van der Waals surface area contributed by atoms with Crippen molar-refractivity contribution < 1.29 is 23.8 Å². The van der Waals surface area contributed by atoms with E-state index >= 15 is 0 Å². The number of fused-ring (bicyclic) bond motifs is 1. The van der Waals surface area contributed by atoms with Crippen LogP contribution in [-0.2, 0) is 11.3 Å². The van der Waals surface area contributed by atoms with Gasteiger partial charge in [0.15, 0.2) is 0 Å². The molecule has 0 bridgehead atoms. The van der Waals surface area contributed by atoms with Crippen LogP contribution in [-0.4, -0.2) is 35.7 Å². The van der Waals surface area contributed by atoms with Gasteiger partial charge in [-0.2, -0.15) is 0 Å². The maximum atomic E-state index is 13.1. The minimum absolute atomic E-state index is 0.0345. The third kappa shape index (κ3) is 5.20. The van der Waals surface area contributed by atoms with Crippen molar-refractivity contribution in [3.8, 4) is 17.2 Å². The summed E-state index contributed by atoms with van der Waals surface area (Å²) in [6.07, 6.45) is 4.25. The quantitative estimate of drug-likeness (QED) is 0.501. The summed E-state index contributed by atoms with van der Waals surface area (Å²) in [5.41, 5.74) is 1.07. The van der Waals surface area contributed by atoms with E-state index in [1.165, 1.54) is 12.3 Å². The Kier molecular flexibility index (Phi) is 6.99. The number of likely N-dealkylation sites (tertiary alicyclic amines) is 1. The molecule has 2 aromatic carbocycles. The molecule has 1 aromatic heterocycles. The highest BCUT2D eigenvalue weighted by molar-refractivity contribution is 5.89. The van der Waals surface area contributed by atoms with Gasteiger partial charge < -0.3 is 19.0 Å². The fraction of sp³-hybridized carbons (Fsp3) is 0.385. The fourth-order valence-electron chi connectivity index (χ4n) is 3.96. The summed E-state index contributed by atoms with van der Waals surface area (Å²) in [4.78, 5) is 27.3. The van der Waals surface area contributed by atoms with Crippen molar-refractivity contribution in [1.82, 2.24) is 4.90 Å². The molecule has 0 spiro atoms. The van der Waals surface area contributed by atoms with Gasteiger partial charge in [-0.1, -0.05) is 13.8 Å². The highest BCUT2D eigenvalue weighted by Crippen LogP contribution is 2.30. The molecule has 174 valence electrons. The molecule has 0 radical (unpaired) electrons. The van der Waals surface area contributed by atoms with Crippen LogP contribution in [0.1, 0.15) is 49.0 Å². The summed E-state index contributed by atoms with van der Waals surface area (Å²) in [7, 11) is 0.